The van der Waals surface area contributed by atoms with E-state index in [1.165, 1.54) is 122 Å². The minimum Gasteiger partial charge on any atom is -0.462 e. The molecule has 0 unspecified atom stereocenters. The number of allylic oxidation sites excluding steroid dienone is 18. The van der Waals surface area contributed by atoms with Gasteiger partial charge in [-0.25, -0.2) is 0 Å². The second kappa shape index (κ2) is 60.6. The molecule has 0 aliphatic rings. The zero-order valence-corrected chi connectivity index (χ0v) is 47.6. The second-order valence-electron chi connectivity index (χ2n) is 19.9. The van der Waals surface area contributed by atoms with Gasteiger partial charge in [-0.1, -0.05) is 233 Å². The fourth-order valence-corrected chi connectivity index (χ4v) is 8.11. The average Bonchev–Trinajstić information content (AvgIpc) is 3.39. The van der Waals surface area contributed by atoms with Crippen LogP contribution >= 0.6 is 0 Å². The standard InChI is InChI=1S/C67H112O6/c1-4-7-10-13-16-19-22-25-28-31-33-36-38-41-44-47-50-53-56-59-65(68)71-62-64(73-67(70)61-58-55-52-49-46-43-40-35-30-27-24-21-18-15-12-9-6-3)63-72-66(69)60-57-54-51-48-45-42-39-37-34-32-29-26-23-20-17-14-11-8-5-2/h16-21,25-30,33,36,40-41,43-44,64H,4-15,22-24,31-32,34-35,37-39,42,45-63H2,1-3H3/b19-16-,20-17-,21-18-,28-25-,29-26-,30-27-,36-33-,43-40-,44-41-/t64-/m1/s1. The average molecular weight is 1010 g/mol. The van der Waals surface area contributed by atoms with Gasteiger partial charge in [0.2, 0.25) is 0 Å². The Bertz CT molecular complexity index is 1490. The van der Waals surface area contributed by atoms with E-state index in [-0.39, 0.29) is 31.1 Å². The van der Waals surface area contributed by atoms with Gasteiger partial charge in [0.05, 0.1) is 0 Å². The van der Waals surface area contributed by atoms with Gasteiger partial charge in [-0.05, 0) is 135 Å². The number of carbonyl (C=O) groups excluding carboxylic acids is 3. The van der Waals surface area contributed by atoms with Crippen molar-refractivity contribution in [1.29, 1.82) is 0 Å². The Hall–Kier alpha value is -3.93. The Balaban J connectivity index is 4.50. The second-order valence-corrected chi connectivity index (χ2v) is 19.9. The molecular weight excluding hydrogens is 901 g/mol. The topological polar surface area (TPSA) is 78.9 Å². The van der Waals surface area contributed by atoms with Gasteiger partial charge >= 0.3 is 17.9 Å². The van der Waals surface area contributed by atoms with Crippen molar-refractivity contribution >= 4 is 17.9 Å². The van der Waals surface area contributed by atoms with E-state index in [1.807, 2.05) is 0 Å². The Kier molecular flexibility index (Phi) is 57.4. The van der Waals surface area contributed by atoms with Gasteiger partial charge < -0.3 is 14.2 Å². The van der Waals surface area contributed by atoms with E-state index >= 15 is 0 Å². The van der Waals surface area contributed by atoms with Crippen LogP contribution in [0, 0.1) is 0 Å². The first-order chi connectivity index (χ1) is 36.0. The van der Waals surface area contributed by atoms with Crippen molar-refractivity contribution in [3.8, 4) is 0 Å². The largest absolute Gasteiger partial charge is 0.462 e. The summed E-state index contributed by atoms with van der Waals surface area (Å²) in [7, 11) is 0. The highest BCUT2D eigenvalue weighted by atomic mass is 16.6. The molecule has 0 heterocycles. The summed E-state index contributed by atoms with van der Waals surface area (Å²) < 4.78 is 16.9. The van der Waals surface area contributed by atoms with Crippen molar-refractivity contribution in [1.82, 2.24) is 0 Å². The molecule has 73 heavy (non-hydrogen) atoms. The van der Waals surface area contributed by atoms with Gasteiger partial charge in [-0.15, -0.1) is 0 Å². The molecule has 0 fully saturated rings. The first kappa shape index (κ1) is 69.1. The van der Waals surface area contributed by atoms with Gasteiger partial charge in [0.15, 0.2) is 6.10 Å². The maximum Gasteiger partial charge on any atom is 0.306 e. The monoisotopic (exact) mass is 1010 g/mol. The quantitative estimate of drug-likeness (QED) is 0.0261. The first-order valence-electron chi connectivity index (χ1n) is 30.4. The lowest BCUT2D eigenvalue weighted by Crippen LogP contribution is -2.30. The maximum atomic E-state index is 12.9. The number of ether oxygens (including phenoxy) is 3. The molecule has 0 saturated heterocycles. The van der Waals surface area contributed by atoms with E-state index < -0.39 is 6.10 Å². The third-order valence-electron chi connectivity index (χ3n) is 12.7. The Morgan fingerprint density at radius 3 is 0.781 bits per heavy atom. The van der Waals surface area contributed by atoms with Gasteiger partial charge in [0, 0.05) is 19.3 Å². The van der Waals surface area contributed by atoms with Crippen LogP contribution in [0.15, 0.2) is 109 Å². The number of hydrogen-bond acceptors (Lipinski definition) is 6. The molecule has 0 aliphatic carbocycles. The molecule has 0 radical (unpaired) electrons. The molecule has 6 nitrogen and oxygen atoms in total. The zero-order valence-electron chi connectivity index (χ0n) is 47.6. The lowest BCUT2D eigenvalue weighted by atomic mass is 10.1. The van der Waals surface area contributed by atoms with Crippen molar-refractivity contribution in [2.45, 2.75) is 284 Å². The van der Waals surface area contributed by atoms with E-state index in [1.54, 1.807) is 0 Å². The zero-order chi connectivity index (χ0) is 52.9. The van der Waals surface area contributed by atoms with Crippen molar-refractivity contribution < 1.29 is 28.6 Å². The Morgan fingerprint density at radius 2 is 0.493 bits per heavy atom. The molecule has 0 saturated carbocycles. The van der Waals surface area contributed by atoms with Crippen molar-refractivity contribution in [3.63, 3.8) is 0 Å². The minimum atomic E-state index is -0.808. The summed E-state index contributed by atoms with van der Waals surface area (Å²) in [5, 5.41) is 0. The van der Waals surface area contributed by atoms with Crippen LogP contribution in [0.4, 0.5) is 0 Å². The summed E-state index contributed by atoms with van der Waals surface area (Å²) in [5.74, 6) is -0.955. The maximum absolute atomic E-state index is 12.9. The fourth-order valence-electron chi connectivity index (χ4n) is 8.11. The van der Waals surface area contributed by atoms with Crippen molar-refractivity contribution in [2.75, 3.05) is 13.2 Å². The molecule has 0 aliphatic heterocycles. The molecule has 0 N–H and O–H groups in total. The summed E-state index contributed by atoms with van der Waals surface area (Å²) >= 11 is 0. The molecule has 0 rings (SSSR count). The molecular formula is C67H112O6. The van der Waals surface area contributed by atoms with E-state index in [2.05, 4.69) is 130 Å². The normalized spacial score (nSPS) is 12.9. The minimum absolute atomic E-state index is 0.101. The van der Waals surface area contributed by atoms with Crippen LogP contribution in [0.2, 0.25) is 0 Å². The Morgan fingerprint density at radius 1 is 0.274 bits per heavy atom. The van der Waals surface area contributed by atoms with Crippen molar-refractivity contribution in [2.24, 2.45) is 0 Å². The van der Waals surface area contributed by atoms with Crippen LogP contribution in [0.1, 0.15) is 278 Å². The van der Waals surface area contributed by atoms with Crippen LogP contribution < -0.4 is 0 Å². The van der Waals surface area contributed by atoms with E-state index in [9.17, 15) is 14.4 Å². The van der Waals surface area contributed by atoms with Gasteiger partial charge in [-0.3, -0.25) is 14.4 Å². The molecule has 0 aromatic heterocycles. The molecule has 416 valence electrons. The van der Waals surface area contributed by atoms with Gasteiger partial charge in [-0.2, -0.15) is 0 Å². The number of carbonyl (C=O) groups is 3. The lowest BCUT2D eigenvalue weighted by molar-refractivity contribution is -0.167. The summed E-state index contributed by atoms with van der Waals surface area (Å²) in [6.07, 6.45) is 82.1. The van der Waals surface area contributed by atoms with Gasteiger partial charge in [0.25, 0.3) is 0 Å². The lowest BCUT2D eigenvalue weighted by Gasteiger charge is -2.18. The predicted molar refractivity (Wildman–Crippen MR) is 316 cm³/mol. The fraction of sp³-hybridized carbons (Fsp3) is 0.687. The third kappa shape index (κ3) is 58.8. The summed E-state index contributed by atoms with van der Waals surface area (Å²) in [4.78, 5) is 38.3. The van der Waals surface area contributed by atoms with Crippen LogP contribution in [-0.2, 0) is 28.6 Å². The van der Waals surface area contributed by atoms with Gasteiger partial charge in [0.1, 0.15) is 13.2 Å². The Labute approximate surface area is 450 Å². The SMILES string of the molecule is CCCCC/C=C\C/C=C\C/C=C\C/C=C\CCCCCC(=O)OC[C@H](COC(=O)CCCCCCCCCCC/C=C\C/C=C\CCCCC)OC(=O)CCCCCC/C=C\C/C=C\C/C=C\CCCCC. The number of hydrogen-bond donors (Lipinski definition) is 0. The van der Waals surface area contributed by atoms with Crippen LogP contribution in [0.3, 0.4) is 0 Å². The van der Waals surface area contributed by atoms with E-state index in [0.717, 1.165) is 116 Å². The molecule has 0 bridgehead atoms. The molecule has 0 aromatic rings. The third-order valence-corrected chi connectivity index (χ3v) is 12.7. The first-order valence-corrected chi connectivity index (χ1v) is 30.4. The molecule has 1 atom stereocenters. The molecule has 0 aromatic carbocycles. The molecule has 0 spiro atoms. The van der Waals surface area contributed by atoms with E-state index in [0.29, 0.717) is 19.3 Å². The summed E-state index contributed by atoms with van der Waals surface area (Å²) in [6, 6.07) is 0. The highest BCUT2D eigenvalue weighted by molar-refractivity contribution is 5.71. The number of esters is 3. The smallest absolute Gasteiger partial charge is 0.306 e. The van der Waals surface area contributed by atoms with Crippen LogP contribution in [0.25, 0.3) is 0 Å². The summed E-state index contributed by atoms with van der Waals surface area (Å²) in [5.41, 5.74) is 0. The highest BCUT2D eigenvalue weighted by Gasteiger charge is 2.19. The van der Waals surface area contributed by atoms with Crippen LogP contribution in [0.5, 0.6) is 0 Å². The van der Waals surface area contributed by atoms with Crippen molar-refractivity contribution in [3.05, 3.63) is 109 Å². The number of unbranched alkanes of at least 4 members (excludes halogenated alkanes) is 25. The van der Waals surface area contributed by atoms with E-state index in [4.69, 9.17) is 14.2 Å². The molecule has 6 heteroatoms. The van der Waals surface area contributed by atoms with Crippen LogP contribution in [-0.4, -0.2) is 37.2 Å². The highest BCUT2D eigenvalue weighted by Crippen LogP contribution is 2.14. The number of rotatable bonds is 54. The predicted octanol–water partition coefficient (Wildman–Crippen LogP) is 20.7. The summed E-state index contributed by atoms with van der Waals surface area (Å²) in [6.45, 7) is 6.52. The molecule has 0 amide bonds.